The van der Waals surface area contributed by atoms with Crippen molar-refractivity contribution >= 4 is 17.8 Å². The molecular weight excluding hydrogens is 446 g/mol. The van der Waals surface area contributed by atoms with Crippen LogP contribution in [0.1, 0.15) is 28.3 Å². The van der Waals surface area contributed by atoms with E-state index in [0.29, 0.717) is 16.7 Å². The molecular formula is C27H29N3O5. The zero-order valence-electron chi connectivity index (χ0n) is 19.3. The molecule has 8 heteroatoms. The van der Waals surface area contributed by atoms with Crippen LogP contribution < -0.4 is 16.4 Å². The first-order chi connectivity index (χ1) is 16.7. The highest BCUT2D eigenvalue weighted by Gasteiger charge is 2.29. The van der Waals surface area contributed by atoms with Crippen LogP contribution in [0.25, 0.3) is 0 Å². The van der Waals surface area contributed by atoms with Gasteiger partial charge in [-0.2, -0.15) is 0 Å². The van der Waals surface area contributed by atoms with Crippen LogP contribution in [0.4, 0.5) is 0 Å². The van der Waals surface area contributed by atoms with Crippen molar-refractivity contribution in [2.24, 2.45) is 5.73 Å². The lowest BCUT2D eigenvalue weighted by Crippen LogP contribution is -2.51. The molecule has 0 saturated heterocycles. The average molecular weight is 476 g/mol. The molecule has 3 aromatic carbocycles. The van der Waals surface area contributed by atoms with E-state index in [0.717, 1.165) is 5.56 Å². The highest BCUT2D eigenvalue weighted by molar-refractivity contribution is 5.92. The Bertz CT molecular complexity index is 1170. The maximum absolute atomic E-state index is 13.2. The van der Waals surface area contributed by atoms with E-state index >= 15 is 0 Å². The van der Waals surface area contributed by atoms with Crippen molar-refractivity contribution in [2.45, 2.75) is 37.9 Å². The van der Waals surface area contributed by atoms with Gasteiger partial charge in [0.05, 0.1) is 6.04 Å². The summed E-state index contributed by atoms with van der Waals surface area (Å²) < 4.78 is 0. The number of carbonyl (C=O) groups is 3. The quantitative estimate of drug-likeness (QED) is 0.304. The van der Waals surface area contributed by atoms with Gasteiger partial charge in [0.2, 0.25) is 11.8 Å². The molecule has 0 saturated carbocycles. The molecule has 3 unspecified atom stereocenters. The van der Waals surface area contributed by atoms with Gasteiger partial charge in [0.25, 0.3) is 0 Å². The summed E-state index contributed by atoms with van der Waals surface area (Å²) in [7, 11) is 0. The van der Waals surface area contributed by atoms with Gasteiger partial charge < -0.3 is 26.6 Å². The number of aromatic hydroxyl groups is 1. The Morgan fingerprint density at radius 3 is 2.06 bits per heavy atom. The van der Waals surface area contributed by atoms with Crippen LogP contribution in [0, 0.1) is 6.92 Å². The fourth-order valence-corrected chi connectivity index (χ4v) is 3.69. The first-order valence-corrected chi connectivity index (χ1v) is 11.2. The van der Waals surface area contributed by atoms with Crippen LogP contribution in [-0.2, 0) is 27.2 Å². The van der Waals surface area contributed by atoms with Gasteiger partial charge in [-0.1, -0.05) is 72.8 Å². The summed E-state index contributed by atoms with van der Waals surface area (Å²) >= 11 is 0. The maximum Gasteiger partial charge on any atom is 0.326 e. The van der Waals surface area contributed by atoms with Gasteiger partial charge >= 0.3 is 5.97 Å². The number of hydrogen-bond acceptors (Lipinski definition) is 5. The van der Waals surface area contributed by atoms with Gasteiger partial charge in [0.1, 0.15) is 17.8 Å². The van der Waals surface area contributed by atoms with E-state index in [1.54, 1.807) is 49.4 Å². The predicted octanol–water partition coefficient (Wildman–Crippen LogP) is 2.24. The zero-order valence-corrected chi connectivity index (χ0v) is 19.3. The number of phenols is 1. The number of phenolic OH excluding ortho intramolecular Hbond substituents is 1. The van der Waals surface area contributed by atoms with E-state index in [1.165, 1.54) is 6.07 Å². The molecule has 0 aromatic heterocycles. The summed E-state index contributed by atoms with van der Waals surface area (Å²) in [4.78, 5) is 38.0. The molecule has 0 spiro atoms. The number of carbonyl (C=O) groups excluding carboxylic acids is 2. The monoisotopic (exact) mass is 475 g/mol. The summed E-state index contributed by atoms with van der Waals surface area (Å²) in [6.45, 7) is 1.70. The third-order valence-electron chi connectivity index (χ3n) is 5.63. The van der Waals surface area contributed by atoms with Crippen molar-refractivity contribution in [3.8, 4) is 5.75 Å². The zero-order chi connectivity index (χ0) is 25.4. The van der Waals surface area contributed by atoms with Crippen molar-refractivity contribution in [1.82, 2.24) is 10.6 Å². The fraction of sp³-hybridized carbons (Fsp3) is 0.222. The van der Waals surface area contributed by atoms with Crippen molar-refractivity contribution in [3.05, 3.63) is 101 Å². The minimum absolute atomic E-state index is 0.00513. The van der Waals surface area contributed by atoms with Gasteiger partial charge in [-0.3, -0.25) is 9.59 Å². The lowest BCUT2D eigenvalue weighted by molar-refractivity contribution is -0.142. The number of carboxylic acids is 1. The molecule has 3 atom stereocenters. The molecule has 0 aliphatic heterocycles. The lowest BCUT2D eigenvalue weighted by Gasteiger charge is -2.23. The summed E-state index contributed by atoms with van der Waals surface area (Å²) in [6, 6.07) is 19.3. The molecule has 0 aliphatic carbocycles. The summed E-state index contributed by atoms with van der Waals surface area (Å²) in [5.74, 6) is -2.32. The highest BCUT2D eigenvalue weighted by Crippen LogP contribution is 2.19. The first-order valence-electron chi connectivity index (χ1n) is 11.2. The molecule has 6 N–H and O–H groups in total. The number of nitrogens with one attached hydrogen (secondary N) is 2. The molecule has 182 valence electrons. The van der Waals surface area contributed by atoms with E-state index < -0.39 is 35.9 Å². The summed E-state index contributed by atoms with van der Waals surface area (Å²) in [5, 5.41) is 24.6. The van der Waals surface area contributed by atoms with E-state index in [9.17, 15) is 24.6 Å². The Morgan fingerprint density at radius 1 is 0.829 bits per heavy atom. The first kappa shape index (κ1) is 25.5. The molecule has 0 heterocycles. The predicted molar refractivity (Wildman–Crippen MR) is 132 cm³/mol. The number of nitrogens with two attached hydrogens (primary N) is 1. The van der Waals surface area contributed by atoms with Gasteiger partial charge in [0.15, 0.2) is 0 Å². The molecule has 8 nitrogen and oxygen atoms in total. The van der Waals surface area contributed by atoms with Crippen LogP contribution in [0.15, 0.2) is 78.9 Å². The molecule has 3 rings (SSSR count). The van der Waals surface area contributed by atoms with Crippen molar-refractivity contribution in [2.75, 3.05) is 0 Å². The number of rotatable bonds is 10. The highest BCUT2D eigenvalue weighted by atomic mass is 16.4. The Balaban J connectivity index is 1.76. The maximum atomic E-state index is 13.2. The van der Waals surface area contributed by atoms with Crippen LogP contribution in [0.2, 0.25) is 0 Å². The number of aryl methyl sites for hydroxylation is 1. The third-order valence-corrected chi connectivity index (χ3v) is 5.63. The SMILES string of the molecule is Cc1cc(CC(NC(=O)C(NC(=O)C(N)Cc2ccccc2)c2ccccc2)C(=O)O)ccc1O. The number of carboxylic acid groups (broad SMARTS) is 1. The average Bonchev–Trinajstić information content (AvgIpc) is 2.85. The van der Waals surface area contributed by atoms with Crippen molar-refractivity contribution < 1.29 is 24.6 Å². The molecule has 0 radical (unpaired) electrons. The standard InChI is InChI=1S/C27H29N3O5/c1-17-14-19(12-13-23(17)31)16-22(27(34)35)29-26(33)24(20-10-6-3-7-11-20)30-25(32)21(28)15-18-8-4-2-5-9-18/h2-14,21-22,24,31H,15-16,28H2,1H3,(H,29,33)(H,30,32)(H,34,35). The van der Waals surface area contributed by atoms with Gasteiger partial charge in [-0.15, -0.1) is 0 Å². The number of hydrogen-bond donors (Lipinski definition) is 5. The Hall–Kier alpha value is -4.17. The van der Waals surface area contributed by atoms with E-state index in [1.807, 2.05) is 30.3 Å². The van der Waals surface area contributed by atoms with Crippen molar-refractivity contribution in [3.63, 3.8) is 0 Å². The Labute approximate surface area is 203 Å². The van der Waals surface area contributed by atoms with Crippen LogP contribution in [0.5, 0.6) is 5.75 Å². The van der Waals surface area contributed by atoms with Gasteiger partial charge in [-0.05, 0) is 41.7 Å². The molecule has 0 bridgehead atoms. The fourth-order valence-electron chi connectivity index (χ4n) is 3.69. The Kier molecular flexibility index (Phi) is 8.58. The van der Waals surface area contributed by atoms with E-state index in [-0.39, 0.29) is 18.6 Å². The van der Waals surface area contributed by atoms with Gasteiger partial charge in [-0.25, -0.2) is 4.79 Å². The molecule has 0 aliphatic rings. The molecule has 3 aromatic rings. The lowest BCUT2D eigenvalue weighted by atomic mass is 10.0. The minimum atomic E-state index is -1.24. The molecule has 2 amide bonds. The summed E-state index contributed by atoms with van der Waals surface area (Å²) in [5.41, 5.74) is 8.71. The number of aliphatic carboxylic acids is 1. The van der Waals surface area contributed by atoms with Crippen LogP contribution >= 0.6 is 0 Å². The van der Waals surface area contributed by atoms with E-state index in [4.69, 9.17) is 5.73 Å². The summed E-state index contributed by atoms with van der Waals surface area (Å²) in [6.07, 6.45) is 0.291. The second-order valence-corrected chi connectivity index (χ2v) is 8.37. The van der Waals surface area contributed by atoms with Gasteiger partial charge in [0, 0.05) is 6.42 Å². The number of benzene rings is 3. The normalized spacial score (nSPS) is 13.3. The van der Waals surface area contributed by atoms with E-state index in [2.05, 4.69) is 10.6 Å². The van der Waals surface area contributed by atoms with Crippen molar-refractivity contribution in [1.29, 1.82) is 0 Å². The second kappa shape index (κ2) is 11.8. The molecule has 0 fully saturated rings. The van der Waals surface area contributed by atoms with Crippen LogP contribution in [0.3, 0.4) is 0 Å². The number of amides is 2. The second-order valence-electron chi connectivity index (χ2n) is 8.37. The minimum Gasteiger partial charge on any atom is -0.508 e. The Morgan fingerprint density at radius 2 is 1.46 bits per heavy atom. The largest absolute Gasteiger partial charge is 0.508 e. The van der Waals surface area contributed by atoms with Crippen LogP contribution in [-0.4, -0.2) is 40.1 Å². The molecule has 35 heavy (non-hydrogen) atoms. The third kappa shape index (κ3) is 7.15. The smallest absolute Gasteiger partial charge is 0.326 e. The topological polar surface area (TPSA) is 142 Å².